The number of amidine groups is 1. The minimum absolute atomic E-state index is 0.273. The molecule has 4 heteroatoms. The number of amides is 1. The van der Waals surface area contributed by atoms with Gasteiger partial charge in [-0.1, -0.05) is 60.7 Å². The van der Waals surface area contributed by atoms with Crippen LogP contribution in [0, 0.1) is 0 Å². The highest BCUT2D eigenvalue weighted by molar-refractivity contribution is 6.14. The Morgan fingerprint density at radius 3 is 2.20 bits per heavy atom. The van der Waals surface area contributed by atoms with Gasteiger partial charge >= 0.3 is 0 Å². The van der Waals surface area contributed by atoms with Crippen molar-refractivity contribution in [2.24, 2.45) is 4.99 Å². The maximum atomic E-state index is 12.4. The quantitative estimate of drug-likeness (QED) is 0.924. The molecule has 1 atom stereocenters. The van der Waals surface area contributed by atoms with E-state index in [1.807, 2.05) is 60.7 Å². The summed E-state index contributed by atoms with van der Waals surface area (Å²) in [5.41, 5.74) is 0.272. The number of rotatable bonds is 3. The Balaban J connectivity index is 2.08. The van der Waals surface area contributed by atoms with Crippen LogP contribution < -0.4 is 5.32 Å². The number of hydrogen-bond acceptors (Lipinski definition) is 3. The Bertz CT molecular complexity index is 653. The largest absolute Gasteiger partial charge is 0.346 e. The highest BCUT2D eigenvalue weighted by Crippen LogP contribution is 2.31. The van der Waals surface area contributed by atoms with Gasteiger partial charge in [0, 0.05) is 18.2 Å². The number of nitrogens with zero attached hydrogens (tertiary/aromatic N) is 1. The molecule has 3 rings (SSSR count). The lowest BCUT2D eigenvalue weighted by molar-refractivity contribution is -0.140. The number of ether oxygens (including phenoxy) is 1. The van der Waals surface area contributed by atoms with Gasteiger partial charge in [0.25, 0.3) is 11.6 Å². The molecule has 1 aliphatic rings. The third kappa shape index (κ3) is 1.90. The summed E-state index contributed by atoms with van der Waals surface area (Å²) in [7, 11) is 1.49. The molecule has 1 aliphatic heterocycles. The molecule has 100 valence electrons. The van der Waals surface area contributed by atoms with Crippen LogP contribution in [0.15, 0.2) is 65.7 Å². The van der Waals surface area contributed by atoms with E-state index >= 15 is 0 Å². The van der Waals surface area contributed by atoms with Crippen LogP contribution in [0.1, 0.15) is 11.1 Å². The van der Waals surface area contributed by atoms with Gasteiger partial charge in [0.05, 0.1) is 0 Å². The number of carbonyl (C=O) groups excluding carboxylic acids is 1. The van der Waals surface area contributed by atoms with Gasteiger partial charge in [0.15, 0.2) is 0 Å². The molecule has 1 N–H and O–H groups in total. The molecule has 0 saturated heterocycles. The molecule has 0 aromatic heterocycles. The average molecular weight is 266 g/mol. The molecule has 20 heavy (non-hydrogen) atoms. The van der Waals surface area contributed by atoms with Crippen molar-refractivity contribution in [2.75, 3.05) is 7.11 Å². The first-order valence-electron chi connectivity index (χ1n) is 6.34. The molecule has 1 heterocycles. The smallest absolute Gasteiger partial charge is 0.285 e. The summed E-state index contributed by atoms with van der Waals surface area (Å²) < 4.78 is 5.45. The summed E-state index contributed by atoms with van der Waals surface area (Å²) in [5, 5.41) is 2.80. The molecule has 2 aromatic carbocycles. The maximum absolute atomic E-state index is 12.4. The summed E-state index contributed by atoms with van der Waals surface area (Å²) in [4.78, 5) is 16.9. The van der Waals surface area contributed by atoms with Crippen LogP contribution in [0.25, 0.3) is 0 Å². The van der Waals surface area contributed by atoms with Gasteiger partial charge in [-0.2, -0.15) is 0 Å². The summed E-state index contributed by atoms with van der Waals surface area (Å²) in [6.07, 6.45) is 0. The zero-order chi connectivity index (χ0) is 14.0. The van der Waals surface area contributed by atoms with Gasteiger partial charge in [-0.15, -0.1) is 0 Å². The number of methoxy groups -OCH3 is 1. The summed E-state index contributed by atoms with van der Waals surface area (Å²) in [6.45, 7) is 0. The summed E-state index contributed by atoms with van der Waals surface area (Å²) in [6, 6.07) is 18.8. The van der Waals surface area contributed by atoms with Crippen LogP contribution >= 0.6 is 0 Å². The van der Waals surface area contributed by atoms with E-state index in [1.165, 1.54) is 7.11 Å². The number of benzene rings is 2. The fourth-order valence-corrected chi connectivity index (χ4v) is 2.28. The lowest BCUT2D eigenvalue weighted by Crippen LogP contribution is -2.39. The maximum Gasteiger partial charge on any atom is 0.285 e. The topological polar surface area (TPSA) is 50.7 Å². The van der Waals surface area contributed by atoms with Crippen LogP contribution in [0.3, 0.4) is 0 Å². The number of aliphatic imine (C=N–C) groups is 1. The number of nitrogens with one attached hydrogen (secondary N) is 1. The molecule has 0 bridgehead atoms. The average Bonchev–Trinajstić information content (AvgIpc) is 2.87. The molecular formula is C16H14N2O2. The van der Waals surface area contributed by atoms with Crippen LogP contribution in [-0.4, -0.2) is 18.9 Å². The van der Waals surface area contributed by atoms with E-state index in [1.54, 1.807) is 0 Å². The first-order valence-corrected chi connectivity index (χ1v) is 6.34. The van der Waals surface area contributed by atoms with Crippen molar-refractivity contribution in [3.8, 4) is 0 Å². The Kier molecular flexibility index (Phi) is 3.08. The predicted molar refractivity (Wildman–Crippen MR) is 76.3 cm³/mol. The third-order valence-corrected chi connectivity index (χ3v) is 3.32. The van der Waals surface area contributed by atoms with E-state index in [2.05, 4.69) is 10.3 Å². The van der Waals surface area contributed by atoms with Crippen molar-refractivity contribution in [1.29, 1.82) is 0 Å². The van der Waals surface area contributed by atoms with Crippen LogP contribution in [0.4, 0.5) is 0 Å². The van der Waals surface area contributed by atoms with Crippen molar-refractivity contribution in [3.05, 3.63) is 71.8 Å². The highest BCUT2D eigenvalue weighted by atomic mass is 16.5. The van der Waals surface area contributed by atoms with Gasteiger partial charge in [-0.05, 0) is 0 Å². The lowest BCUT2D eigenvalue weighted by atomic mass is 10.0. The van der Waals surface area contributed by atoms with E-state index in [4.69, 9.17) is 4.74 Å². The zero-order valence-corrected chi connectivity index (χ0v) is 11.0. The summed E-state index contributed by atoms with van der Waals surface area (Å²) in [5.74, 6) is 0.256. The molecule has 0 fully saturated rings. The van der Waals surface area contributed by atoms with Gasteiger partial charge in [0.2, 0.25) is 0 Å². The first kappa shape index (κ1) is 12.6. The SMILES string of the molecule is COC1(c2ccccc2)N=C(c2ccccc2)NC1=O. The van der Waals surface area contributed by atoms with E-state index in [0.29, 0.717) is 11.4 Å². The first-order chi connectivity index (χ1) is 9.76. The van der Waals surface area contributed by atoms with Crippen LogP contribution in [0.2, 0.25) is 0 Å². The van der Waals surface area contributed by atoms with Crippen molar-refractivity contribution in [1.82, 2.24) is 5.32 Å². The molecule has 1 unspecified atom stereocenters. The highest BCUT2D eigenvalue weighted by Gasteiger charge is 2.45. The van der Waals surface area contributed by atoms with Crippen molar-refractivity contribution < 1.29 is 9.53 Å². The molecule has 0 saturated carbocycles. The Morgan fingerprint density at radius 1 is 1.00 bits per heavy atom. The molecule has 4 nitrogen and oxygen atoms in total. The molecule has 2 aromatic rings. The molecule has 0 aliphatic carbocycles. The normalized spacial score (nSPS) is 21.4. The van der Waals surface area contributed by atoms with Crippen molar-refractivity contribution in [3.63, 3.8) is 0 Å². The Morgan fingerprint density at radius 2 is 1.60 bits per heavy atom. The van der Waals surface area contributed by atoms with Gasteiger partial charge in [0.1, 0.15) is 5.84 Å². The molecule has 0 radical (unpaired) electrons. The lowest BCUT2D eigenvalue weighted by Gasteiger charge is -2.21. The monoisotopic (exact) mass is 266 g/mol. The second-order valence-corrected chi connectivity index (χ2v) is 4.49. The standard InChI is InChI=1S/C16H14N2O2/c1-20-16(13-10-6-3-7-11-13)15(19)17-14(18-16)12-8-4-2-5-9-12/h2-11H,1H3,(H,17,18,19). The predicted octanol–water partition coefficient (Wildman–Crippen LogP) is 2.06. The third-order valence-electron chi connectivity index (χ3n) is 3.32. The summed E-state index contributed by atoms with van der Waals surface area (Å²) >= 11 is 0. The fourth-order valence-electron chi connectivity index (χ4n) is 2.28. The molecule has 1 amide bonds. The minimum Gasteiger partial charge on any atom is -0.346 e. The second kappa shape index (κ2) is 4.90. The van der Waals surface area contributed by atoms with E-state index in [0.717, 1.165) is 5.56 Å². The Hall–Kier alpha value is -2.46. The van der Waals surface area contributed by atoms with E-state index in [-0.39, 0.29) is 5.91 Å². The van der Waals surface area contributed by atoms with Crippen LogP contribution in [-0.2, 0) is 15.3 Å². The number of hydrogen-bond donors (Lipinski definition) is 1. The molecular weight excluding hydrogens is 252 g/mol. The van der Waals surface area contributed by atoms with E-state index < -0.39 is 5.72 Å². The van der Waals surface area contributed by atoms with E-state index in [9.17, 15) is 4.79 Å². The van der Waals surface area contributed by atoms with Crippen molar-refractivity contribution in [2.45, 2.75) is 5.72 Å². The van der Waals surface area contributed by atoms with Gasteiger partial charge in [-0.3, -0.25) is 4.79 Å². The second-order valence-electron chi connectivity index (χ2n) is 4.49. The Labute approximate surface area is 117 Å². The zero-order valence-electron chi connectivity index (χ0n) is 11.0. The van der Waals surface area contributed by atoms with Gasteiger partial charge in [-0.25, -0.2) is 4.99 Å². The number of carbonyl (C=O) groups is 1. The van der Waals surface area contributed by atoms with Gasteiger partial charge < -0.3 is 10.1 Å². The molecule has 0 spiro atoms. The fraction of sp³-hybridized carbons (Fsp3) is 0.125. The van der Waals surface area contributed by atoms with Crippen LogP contribution in [0.5, 0.6) is 0 Å². The van der Waals surface area contributed by atoms with Crippen molar-refractivity contribution >= 4 is 11.7 Å². The minimum atomic E-state index is -1.30.